The summed E-state index contributed by atoms with van der Waals surface area (Å²) >= 11 is 0. The molecule has 3 heterocycles. The zero-order chi connectivity index (χ0) is 23.8. The third kappa shape index (κ3) is 6.88. The number of pyridine rings is 1. The third-order valence-corrected chi connectivity index (χ3v) is 4.97. The van der Waals surface area contributed by atoms with Crippen molar-refractivity contribution in [2.24, 2.45) is 5.16 Å². The van der Waals surface area contributed by atoms with Crippen molar-refractivity contribution in [2.45, 2.75) is 65.1 Å². The second-order valence-corrected chi connectivity index (χ2v) is 8.72. The average Bonchev–Trinajstić information content (AvgIpc) is 3.00. The van der Waals surface area contributed by atoms with Crippen molar-refractivity contribution in [1.82, 2.24) is 20.1 Å². The van der Waals surface area contributed by atoms with Gasteiger partial charge in [0, 0.05) is 32.0 Å². The van der Waals surface area contributed by atoms with Crippen molar-refractivity contribution in [3.05, 3.63) is 18.0 Å². The molecule has 1 aliphatic rings. The van der Waals surface area contributed by atoms with E-state index in [1.807, 2.05) is 11.6 Å². The predicted octanol–water partition coefficient (Wildman–Crippen LogP) is 3.28. The number of alkyl carbamates (subject to hydrolysis) is 1. The number of amides is 1. The van der Waals surface area contributed by atoms with Crippen molar-refractivity contribution in [3.8, 4) is 0 Å². The van der Waals surface area contributed by atoms with Crippen LogP contribution >= 0.6 is 0 Å². The Morgan fingerprint density at radius 2 is 2.18 bits per heavy atom. The lowest BCUT2D eigenvalue weighted by Crippen LogP contribution is -2.33. The number of rotatable bonds is 7. The van der Waals surface area contributed by atoms with Crippen LogP contribution < -0.4 is 10.6 Å². The van der Waals surface area contributed by atoms with Gasteiger partial charge in [-0.2, -0.15) is 5.10 Å². The Bertz CT molecular complexity index is 989. The SMILES string of the molecule is CCn1ncc2c(NC3CCCOCC3)c(C(=N)O/N=C/CNC(=O)OC(C)(C)C)cnc21. The maximum Gasteiger partial charge on any atom is 0.407 e. The topological polar surface area (TPSA) is 136 Å². The number of anilines is 1. The Hall–Kier alpha value is -3.21. The van der Waals surface area contributed by atoms with E-state index in [9.17, 15) is 4.79 Å². The normalized spacial score (nSPS) is 17.0. The smallest absolute Gasteiger partial charge is 0.407 e. The molecule has 1 fully saturated rings. The number of aromatic nitrogens is 3. The van der Waals surface area contributed by atoms with Gasteiger partial charge in [-0.05, 0) is 47.0 Å². The van der Waals surface area contributed by atoms with Crippen molar-refractivity contribution in [2.75, 3.05) is 25.1 Å². The zero-order valence-corrected chi connectivity index (χ0v) is 19.7. The molecule has 3 N–H and O–H groups in total. The van der Waals surface area contributed by atoms with Crippen LogP contribution in [0.25, 0.3) is 11.0 Å². The number of fused-ring (bicyclic) bond motifs is 1. The van der Waals surface area contributed by atoms with Gasteiger partial charge < -0.3 is 24.9 Å². The fourth-order valence-electron chi connectivity index (χ4n) is 3.46. The van der Waals surface area contributed by atoms with Crippen LogP contribution in [0.4, 0.5) is 10.5 Å². The lowest BCUT2D eigenvalue weighted by Gasteiger charge is -2.20. The molecule has 1 amide bonds. The summed E-state index contributed by atoms with van der Waals surface area (Å²) in [6.07, 6.45) is 6.97. The molecule has 180 valence electrons. The highest BCUT2D eigenvalue weighted by molar-refractivity contribution is 6.05. The molecule has 11 nitrogen and oxygen atoms in total. The average molecular weight is 460 g/mol. The van der Waals surface area contributed by atoms with Crippen LogP contribution in [0.15, 0.2) is 17.5 Å². The van der Waals surface area contributed by atoms with Crippen molar-refractivity contribution in [3.63, 3.8) is 0 Å². The number of hydrogen-bond acceptors (Lipinski definition) is 9. The van der Waals surface area contributed by atoms with Gasteiger partial charge >= 0.3 is 6.09 Å². The van der Waals surface area contributed by atoms with Crippen LogP contribution in [0, 0.1) is 5.41 Å². The molecule has 0 spiro atoms. The molecule has 1 atom stereocenters. The summed E-state index contributed by atoms with van der Waals surface area (Å²) in [4.78, 5) is 21.4. The van der Waals surface area contributed by atoms with Gasteiger partial charge in [-0.15, -0.1) is 0 Å². The van der Waals surface area contributed by atoms with E-state index in [0.29, 0.717) is 18.7 Å². The molecular weight excluding hydrogens is 426 g/mol. The molecule has 3 rings (SSSR count). The molecular formula is C22H33N7O4. The highest BCUT2D eigenvalue weighted by atomic mass is 16.6. The minimum Gasteiger partial charge on any atom is -0.444 e. The Kier molecular flexibility index (Phi) is 8.21. The maximum atomic E-state index is 11.7. The molecule has 1 aliphatic heterocycles. The Morgan fingerprint density at radius 3 is 2.94 bits per heavy atom. The fraction of sp³-hybridized carbons (Fsp3) is 0.591. The predicted molar refractivity (Wildman–Crippen MR) is 126 cm³/mol. The summed E-state index contributed by atoms with van der Waals surface area (Å²) in [6, 6.07) is 0.205. The number of oxime groups is 1. The van der Waals surface area contributed by atoms with Gasteiger partial charge in [0.25, 0.3) is 5.90 Å². The molecule has 1 unspecified atom stereocenters. The van der Waals surface area contributed by atoms with Crippen molar-refractivity contribution in [1.29, 1.82) is 5.41 Å². The number of nitrogens with zero attached hydrogens (tertiary/aromatic N) is 4. The molecule has 0 bridgehead atoms. The number of carbonyl (C=O) groups excluding carboxylic acids is 1. The summed E-state index contributed by atoms with van der Waals surface area (Å²) in [5, 5.41) is 23.6. The van der Waals surface area contributed by atoms with Crippen LogP contribution in [0.3, 0.4) is 0 Å². The number of ether oxygens (including phenoxy) is 2. The summed E-state index contributed by atoms with van der Waals surface area (Å²) < 4.78 is 12.5. The molecule has 0 aliphatic carbocycles. The van der Waals surface area contributed by atoms with Crippen molar-refractivity contribution >= 4 is 34.9 Å². The molecule has 2 aromatic rings. The van der Waals surface area contributed by atoms with Crippen molar-refractivity contribution < 1.29 is 19.1 Å². The maximum absolute atomic E-state index is 11.7. The molecule has 33 heavy (non-hydrogen) atoms. The third-order valence-electron chi connectivity index (χ3n) is 4.97. The van der Waals surface area contributed by atoms with Gasteiger partial charge in [0.1, 0.15) is 5.60 Å². The monoisotopic (exact) mass is 459 g/mol. The van der Waals surface area contributed by atoms with E-state index < -0.39 is 11.7 Å². The van der Waals surface area contributed by atoms with Crippen LogP contribution in [0.5, 0.6) is 0 Å². The second-order valence-electron chi connectivity index (χ2n) is 8.72. The van der Waals surface area contributed by atoms with Gasteiger partial charge in [0.15, 0.2) is 5.65 Å². The van der Waals surface area contributed by atoms with E-state index in [2.05, 4.69) is 25.9 Å². The van der Waals surface area contributed by atoms with Gasteiger partial charge in [-0.3, -0.25) is 5.41 Å². The molecule has 0 aromatic carbocycles. The quantitative estimate of drug-likeness (QED) is 0.328. The van der Waals surface area contributed by atoms with Crippen LogP contribution in [-0.2, 0) is 20.9 Å². The van der Waals surface area contributed by atoms with E-state index in [1.165, 1.54) is 6.21 Å². The number of aryl methyl sites for hydroxylation is 1. The summed E-state index contributed by atoms with van der Waals surface area (Å²) in [6.45, 7) is 9.61. The van der Waals surface area contributed by atoms with E-state index in [0.717, 1.165) is 42.6 Å². The first kappa shape index (κ1) is 24.4. The molecule has 2 aromatic heterocycles. The summed E-state index contributed by atoms with van der Waals surface area (Å²) in [5.41, 5.74) is 1.40. The minimum absolute atomic E-state index is 0.107. The molecule has 0 saturated carbocycles. The van der Waals surface area contributed by atoms with Crippen LogP contribution in [0.1, 0.15) is 52.5 Å². The van der Waals surface area contributed by atoms with E-state index in [1.54, 1.807) is 33.2 Å². The lowest BCUT2D eigenvalue weighted by atomic mass is 10.1. The minimum atomic E-state index is -0.579. The molecule has 1 saturated heterocycles. The van der Waals surface area contributed by atoms with E-state index >= 15 is 0 Å². The first-order valence-corrected chi connectivity index (χ1v) is 11.2. The van der Waals surface area contributed by atoms with Crippen LogP contribution in [-0.4, -0.2) is 64.4 Å². The Labute approximate surface area is 193 Å². The molecule has 11 heteroatoms. The van der Waals surface area contributed by atoms with Gasteiger partial charge in [0.2, 0.25) is 0 Å². The van der Waals surface area contributed by atoms with Gasteiger partial charge in [0.05, 0.1) is 35.6 Å². The fourth-order valence-corrected chi connectivity index (χ4v) is 3.46. The number of hydrogen-bond donors (Lipinski definition) is 3. The second kappa shape index (κ2) is 11.1. The zero-order valence-electron chi connectivity index (χ0n) is 19.7. The number of carbonyl (C=O) groups is 1. The lowest BCUT2D eigenvalue weighted by molar-refractivity contribution is 0.0536. The Balaban J connectivity index is 1.71. The largest absolute Gasteiger partial charge is 0.444 e. The summed E-state index contributed by atoms with van der Waals surface area (Å²) in [7, 11) is 0. The highest BCUT2D eigenvalue weighted by Crippen LogP contribution is 2.29. The number of nitrogens with one attached hydrogen (secondary N) is 3. The van der Waals surface area contributed by atoms with Gasteiger partial charge in [-0.25, -0.2) is 14.5 Å². The first-order chi connectivity index (χ1) is 15.8. The van der Waals surface area contributed by atoms with Gasteiger partial charge in [-0.1, -0.05) is 5.16 Å². The van der Waals surface area contributed by atoms with E-state index in [-0.39, 0.29) is 18.5 Å². The van der Waals surface area contributed by atoms with Crippen LogP contribution in [0.2, 0.25) is 0 Å². The first-order valence-electron chi connectivity index (χ1n) is 11.2. The standard InChI is InChI=1S/C22H33N7O4/c1-5-29-20-17(14-26-29)18(28-15-7-6-11-31-12-8-15)16(13-25-20)19(23)33-27-10-9-24-21(30)32-22(2,3)4/h10,13-15,23H,5-9,11-12H2,1-4H3,(H,24,30)(H,25,28)/b23-19?,27-10+. The van der Waals surface area contributed by atoms with E-state index in [4.69, 9.17) is 19.7 Å². The summed E-state index contributed by atoms with van der Waals surface area (Å²) in [5.74, 6) is -0.158. The highest BCUT2D eigenvalue weighted by Gasteiger charge is 2.21. The Morgan fingerprint density at radius 1 is 1.36 bits per heavy atom. The molecule has 0 radical (unpaired) electrons.